The van der Waals surface area contributed by atoms with Gasteiger partial charge in [-0.05, 0) is 66.2 Å². The minimum atomic E-state index is -0.471. The molecule has 3 aromatic carbocycles. The lowest BCUT2D eigenvalue weighted by Crippen LogP contribution is -2.32. The van der Waals surface area contributed by atoms with E-state index in [4.69, 9.17) is 16.9 Å². The number of nitrogens with zero attached hydrogens (tertiary/aromatic N) is 3. The van der Waals surface area contributed by atoms with Gasteiger partial charge in [0.05, 0.1) is 22.9 Å². The third-order valence-corrected chi connectivity index (χ3v) is 5.38. The van der Waals surface area contributed by atoms with Crippen LogP contribution in [-0.4, -0.2) is 25.9 Å². The van der Waals surface area contributed by atoms with E-state index in [1.165, 1.54) is 0 Å². The van der Waals surface area contributed by atoms with E-state index in [1.54, 1.807) is 48.5 Å². The van der Waals surface area contributed by atoms with E-state index in [0.29, 0.717) is 27.5 Å². The number of rotatable bonds is 5. The van der Waals surface area contributed by atoms with Crippen LogP contribution in [0.25, 0.3) is 5.57 Å². The van der Waals surface area contributed by atoms with Crippen LogP contribution < -0.4 is 15.1 Å². The first-order valence-electron chi connectivity index (χ1n) is 9.82. The molecule has 0 bridgehead atoms. The third-order valence-electron chi connectivity index (χ3n) is 5.12. The molecule has 2 amide bonds. The van der Waals surface area contributed by atoms with Gasteiger partial charge in [-0.25, -0.2) is 4.90 Å². The van der Waals surface area contributed by atoms with Crippen LogP contribution in [0.15, 0.2) is 78.5 Å². The summed E-state index contributed by atoms with van der Waals surface area (Å²) in [6.45, 7) is 0. The highest BCUT2D eigenvalue weighted by atomic mass is 35.5. The van der Waals surface area contributed by atoms with E-state index in [1.807, 2.05) is 49.3 Å². The fourth-order valence-electron chi connectivity index (χ4n) is 3.44. The van der Waals surface area contributed by atoms with E-state index in [2.05, 4.69) is 5.32 Å². The zero-order valence-corrected chi connectivity index (χ0v) is 18.2. The minimum Gasteiger partial charge on any atom is -0.378 e. The molecular formula is C25H19ClN4O2. The van der Waals surface area contributed by atoms with Gasteiger partial charge in [0.2, 0.25) is 0 Å². The van der Waals surface area contributed by atoms with Crippen molar-refractivity contribution in [2.24, 2.45) is 0 Å². The lowest BCUT2D eigenvalue weighted by molar-refractivity contribution is -0.120. The van der Waals surface area contributed by atoms with Crippen molar-refractivity contribution in [2.75, 3.05) is 29.2 Å². The monoisotopic (exact) mass is 442 g/mol. The first-order valence-corrected chi connectivity index (χ1v) is 10.2. The second-order valence-corrected chi connectivity index (χ2v) is 7.86. The Labute approximate surface area is 190 Å². The summed E-state index contributed by atoms with van der Waals surface area (Å²) < 4.78 is 0. The SMILES string of the molecule is CN(C)c1ccc(NC2=C(c3ccc(Cl)cc3)C(=O)N(c3ccc(C#N)cc3)C2=O)cc1. The molecule has 0 aromatic heterocycles. The summed E-state index contributed by atoms with van der Waals surface area (Å²) in [5.74, 6) is -0.921. The average molecular weight is 443 g/mol. The topological polar surface area (TPSA) is 76.4 Å². The summed E-state index contributed by atoms with van der Waals surface area (Å²) in [4.78, 5) is 29.9. The highest BCUT2D eigenvalue weighted by molar-refractivity contribution is 6.46. The van der Waals surface area contributed by atoms with Crippen molar-refractivity contribution in [3.8, 4) is 6.07 Å². The molecule has 4 rings (SSSR count). The highest BCUT2D eigenvalue weighted by Gasteiger charge is 2.40. The molecular weight excluding hydrogens is 424 g/mol. The summed E-state index contributed by atoms with van der Waals surface area (Å²) in [7, 11) is 3.89. The lowest BCUT2D eigenvalue weighted by atomic mass is 10.0. The summed E-state index contributed by atoms with van der Waals surface area (Å²) in [6, 6.07) is 22.7. The Bertz CT molecular complexity index is 1260. The van der Waals surface area contributed by atoms with Crippen molar-refractivity contribution in [1.29, 1.82) is 5.26 Å². The number of anilines is 3. The first-order chi connectivity index (χ1) is 15.4. The van der Waals surface area contributed by atoms with Gasteiger partial charge in [0.15, 0.2) is 0 Å². The maximum absolute atomic E-state index is 13.4. The molecule has 0 saturated carbocycles. The Morgan fingerprint density at radius 1 is 0.875 bits per heavy atom. The van der Waals surface area contributed by atoms with Crippen LogP contribution in [0.5, 0.6) is 0 Å². The summed E-state index contributed by atoms with van der Waals surface area (Å²) in [5, 5.41) is 12.7. The van der Waals surface area contributed by atoms with Crippen molar-refractivity contribution >= 4 is 46.1 Å². The molecule has 3 aromatic rings. The van der Waals surface area contributed by atoms with E-state index in [9.17, 15) is 9.59 Å². The number of carbonyl (C=O) groups excluding carboxylic acids is 2. The molecule has 0 atom stereocenters. The van der Waals surface area contributed by atoms with Crippen molar-refractivity contribution in [3.05, 3.63) is 94.6 Å². The number of imide groups is 1. The molecule has 0 fully saturated rings. The van der Waals surface area contributed by atoms with E-state index in [-0.39, 0.29) is 11.3 Å². The van der Waals surface area contributed by atoms with Crippen LogP contribution in [0.1, 0.15) is 11.1 Å². The van der Waals surface area contributed by atoms with Gasteiger partial charge < -0.3 is 10.2 Å². The van der Waals surface area contributed by atoms with Gasteiger partial charge in [0.1, 0.15) is 5.70 Å². The van der Waals surface area contributed by atoms with Crippen LogP contribution in [0, 0.1) is 11.3 Å². The molecule has 32 heavy (non-hydrogen) atoms. The van der Waals surface area contributed by atoms with Gasteiger partial charge >= 0.3 is 0 Å². The Morgan fingerprint density at radius 3 is 2.06 bits per heavy atom. The van der Waals surface area contributed by atoms with Gasteiger partial charge in [0.25, 0.3) is 11.8 Å². The third kappa shape index (κ3) is 3.94. The number of nitrogens with one attached hydrogen (secondary N) is 1. The van der Waals surface area contributed by atoms with Gasteiger partial charge in [0, 0.05) is 30.5 Å². The molecule has 6 nitrogen and oxygen atoms in total. The number of benzene rings is 3. The summed E-state index contributed by atoms with van der Waals surface area (Å²) in [5.41, 5.74) is 3.54. The lowest BCUT2D eigenvalue weighted by Gasteiger charge is -2.16. The van der Waals surface area contributed by atoms with Crippen LogP contribution in [0.3, 0.4) is 0 Å². The molecule has 1 heterocycles. The highest BCUT2D eigenvalue weighted by Crippen LogP contribution is 2.34. The van der Waals surface area contributed by atoms with Crippen LogP contribution >= 0.6 is 11.6 Å². The average Bonchev–Trinajstić information content (AvgIpc) is 3.04. The zero-order chi connectivity index (χ0) is 22.8. The van der Waals surface area contributed by atoms with E-state index < -0.39 is 11.8 Å². The largest absolute Gasteiger partial charge is 0.378 e. The van der Waals surface area contributed by atoms with Gasteiger partial charge in [-0.3, -0.25) is 9.59 Å². The summed E-state index contributed by atoms with van der Waals surface area (Å²) >= 11 is 6.02. The van der Waals surface area contributed by atoms with Gasteiger partial charge in [-0.2, -0.15) is 5.26 Å². The number of halogens is 1. The Hall–Kier alpha value is -4.08. The molecule has 0 saturated heterocycles. The Morgan fingerprint density at radius 2 is 1.50 bits per heavy atom. The molecule has 1 aliphatic heterocycles. The molecule has 0 unspecified atom stereocenters. The molecule has 158 valence electrons. The normalized spacial score (nSPS) is 13.4. The molecule has 7 heteroatoms. The fourth-order valence-corrected chi connectivity index (χ4v) is 3.56. The number of hydrogen-bond acceptors (Lipinski definition) is 5. The second-order valence-electron chi connectivity index (χ2n) is 7.43. The molecule has 0 radical (unpaired) electrons. The quantitative estimate of drug-likeness (QED) is 0.581. The van der Waals surface area contributed by atoms with E-state index in [0.717, 1.165) is 10.6 Å². The predicted octanol–water partition coefficient (Wildman–Crippen LogP) is 4.67. The van der Waals surface area contributed by atoms with Crippen molar-refractivity contribution in [2.45, 2.75) is 0 Å². The predicted molar refractivity (Wildman–Crippen MR) is 126 cm³/mol. The van der Waals surface area contributed by atoms with Crippen LogP contribution in [0.2, 0.25) is 5.02 Å². The maximum atomic E-state index is 13.4. The van der Waals surface area contributed by atoms with Gasteiger partial charge in [-0.1, -0.05) is 23.7 Å². The molecule has 1 N–H and O–H groups in total. The standard InChI is InChI=1S/C25H19ClN4O2/c1-29(2)20-13-9-19(10-14-20)28-23-22(17-5-7-18(26)8-6-17)24(31)30(25(23)32)21-11-3-16(15-27)4-12-21/h3-14,28H,1-2H3. The second kappa shape index (κ2) is 8.58. The van der Waals surface area contributed by atoms with Gasteiger partial charge in [-0.15, -0.1) is 0 Å². The van der Waals surface area contributed by atoms with Crippen LogP contribution in [-0.2, 0) is 9.59 Å². The minimum absolute atomic E-state index is 0.180. The smallest absolute Gasteiger partial charge is 0.282 e. The summed E-state index contributed by atoms with van der Waals surface area (Å²) in [6.07, 6.45) is 0. The van der Waals surface area contributed by atoms with Crippen LogP contribution in [0.4, 0.5) is 17.1 Å². The maximum Gasteiger partial charge on any atom is 0.282 e. The number of hydrogen-bond donors (Lipinski definition) is 1. The molecule has 0 spiro atoms. The van der Waals surface area contributed by atoms with E-state index >= 15 is 0 Å². The molecule has 1 aliphatic rings. The van der Waals surface area contributed by atoms with Crippen molar-refractivity contribution < 1.29 is 9.59 Å². The number of amides is 2. The van der Waals surface area contributed by atoms with Crippen molar-refractivity contribution in [1.82, 2.24) is 0 Å². The molecule has 0 aliphatic carbocycles. The Balaban J connectivity index is 1.77. The Kier molecular flexibility index (Phi) is 5.67. The number of nitriles is 1. The van der Waals surface area contributed by atoms with Crippen molar-refractivity contribution in [3.63, 3.8) is 0 Å². The zero-order valence-electron chi connectivity index (χ0n) is 17.5. The first kappa shape index (κ1) is 21.2. The number of carbonyl (C=O) groups is 2. The fraction of sp³-hybridized carbons (Fsp3) is 0.0800.